The van der Waals surface area contributed by atoms with Crippen LogP contribution in [-0.4, -0.2) is 25.9 Å². The molecule has 1 aliphatic rings. The monoisotopic (exact) mass is 366 g/mol. The quantitative estimate of drug-likeness (QED) is 0.483. The molecular weight excluding hydrogens is 332 g/mol. The number of unbranched alkanes of at least 4 members (excludes halogenated alkanes) is 7. The number of hydrogen-bond acceptors (Lipinski definition) is 3. The lowest BCUT2D eigenvalue weighted by molar-refractivity contribution is 0.0499. The molecule has 0 saturated carbocycles. The van der Waals surface area contributed by atoms with Gasteiger partial charge in [-0.05, 0) is 31.9 Å². The van der Waals surface area contributed by atoms with Gasteiger partial charge in [-0.3, -0.25) is 0 Å². The Hall–Kier alpha value is -0.870. The molecule has 0 spiro atoms. The fourth-order valence-corrected chi connectivity index (χ4v) is 5.68. The smallest absolute Gasteiger partial charge is 0.183 e. The maximum atomic E-state index is 12.8. The Morgan fingerprint density at radius 2 is 1.56 bits per heavy atom. The molecule has 1 aromatic rings. The number of ether oxygens (including phenoxy) is 1. The highest BCUT2D eigenvalue weighted by molar-refractivity contribution is 7.92. The van der Waals surface area contributed by atoms with Crippen LogP contribution in [0.1, 0.15) is 78.1 Å². The van der Waals surface area contributed by atoms with Gasteiger partial charge in [0.15, 0.2) is 9.84 Å². The van der Waals surface area contributed by atoms with E-state index in [1.807, 2.05) is 13.0 Å². The molecule has 0 N–H and O–H groups in total. The Morgan fingerprint density at radius 3 is 2.20 bits per heavy atom. The maximum absolute atomic E-state index is 12.8. The standard InChI is InChI=1S/C21H34O3S/c1-3-4-5-6-7-8-9-11-14-19-17-21(18(2)24-19)25(22,23)20-15-12-10-13-16-20/h10,12-13,15-16,18-19,21H,3-9,11,14,17H2,1-2H3/t18-,19-,21+/m1/s1. The Bertz CT molecular complexity index is 582. The van der Waals surface area contributed by atoms with E-state index in [0.29, 0.717) is 11.3 Å². The van der Waals surface area contributed by atoms with Gasteiger partial charge in [0.1, 0.15) is 0 Å². The van der Waals surface area contributed by atoms with Gasteiger partial charge in [0.05, 0.1) is 22.4 Å². The molecule has 0 radical (unpaired) electrons. The van der Waals surface area contributed by atoms with Gasteiger partial charge in [-0.25, -0.2) is 8.42 Å². The molecule has 0 bridgehead atoms. The lowest BCUT2D eigenvalue weighted by Gasteiger charge is -2.14. The first-order valence-corrected chi connectivity index (χ1v) is 11.5. The summed E-state index contributed by atoms with van der Waals surface area (Å²) in [5.41, 5.74) is 0. The summed E-state index contributed by atoms with van der Waals surface area (Å²) in [5, 5.41) is -0.408. The summed E-state index contributed by atoms with van der Waals surface area (Å²) in [7, 11) is -3.29. The number of rotatable bonds is 11. The highest BCUT2D eigenvalue weighted by Crippen LogP contribution is 2.32. The summed E-state index contributed by atoms with van der Waals surface area (Å²) >= 11 is 0. The molecule has 25 heavy (non-hydrogen) atoms. The predicted molar refractivity (Wildman–Crippen MR) is 104 cm³/mol. The molecule has 3 nitrogen and oxygen atoms in total. The molecule has 1 aromatic carbocycles. The summed E-state index contributed by atoms with van der Waals surface area (Å²) < 4.78 is 31.6. The van der Waals surface area contributed by atoms with Crippen molar-refractivity contribution >= 4 is 9.84 Å². The number of sulfone groups is 1. The van der Waals surface area contributed by atoms with Gasteiger partial charge in [-0.15, -0.1) is 0 Å². The second kappa shape index (κ2) is 10.3. The van der Waals surface area contributed by atoms with Crippen molar-refractivity contribution in [3.05, 3.63) is 30.3 Å². The molecular formula is C21H34O3S. The van der Waals surface area contributed by atoms with Gasteiger partial charge in [-0.1, -0.05) is 76.5 Å². The molecule has 4 heteroatoms. The summed E-state index contributed by atoms with van der Waals surface area (Å²) in [6.45, 7) is 4.15. The van der Waals surface area contributed by atoms with Crippen LogP contribution in [0.5, 0.6) is 0 Å². The third-order valence-electron chi connectivity index (χ3n) is 5.28. The third kappa shape index (κ3) is 6.10. The van der Waals surface area contributed by atoms with Crippen molar-refractivity contribution in [2.24, 2.45) is 0 Å². The average Bonchev–Trinajstić information content (AvgIpc) is 2.99. The predicted octanol–water partition coefficient (Wildman–Crippen LogP) is 5.54. The van der Waals surface area contributed by atoms with Crippen molar-refractivity contribution in [2.75, 3.05) is 0 Å². The SMILES string of the molecule is CCCCCCCCCC[C@@H]1C[C@H](S(=O)(=O)c2ccccc2)[C@@H](C)O1. The van der Waals surface area contributed by atoms with E-state index in [4.69, 9.17) is 4.74 Å². The Morgan fingerprint density at radius 1 is 0.960 bits per heavy atom. The fraction of sp³-hybridized carbons (Fsp3) is 0.714. The molecule has 1 aliphatic heterocycles. The summed E-state index contributed by atoms with van der Waals surface area (Å²) in [4.78, 5) is 0.420. The molecule has 0 unspecified atom stereocenters. The van der Waals surface area contributed by atoms with E-state index in [2.05, 4.69) is 6.92 Å². The minimum absolute atomic E-state index is 0.0959. The molecule has 2 rings (SSSR count). The molecule has 0 aromatic heterocycles. The molecule has 1 heterocycles. The van der Waals surface area contributed by atoms with E-state index in [1.54, 1.807) is 24.3 Å². The van der Waals surface area contributed by atoms with E-state index in [1.165, 1.54) is 44.9 Å². The highest BCUT2D eigenvalue weighted by atomic mass is 32.2. The van der Waals surface area contributed by atoms with Crippen LogP contribution >= 0.6 is 0 Å². The van der Waals surface area contributed by atoms with E-state index in [9.17, 15) is 8.42 Å². The first-order valence-electron chi connectivity index (χ1n) is 10.00. The lowest BCUT2D eigenvalue weighted by atomic mass is 10.0. The van der Waals surface area contributed by atoms with Crippen molar-refractivity contribution in [1.29, 1.82) is 0 Å². The minimum Gasteiger partial charge on any atom is -0.374 e. The van der Waals surface area contributed by atoms with Crippen LogP contribution in [0, 0.1) is 0 Å². The Kier molecular flexibility index (Phi) is 8.44. The van der Waals surface area contributed by atoms with E-state index < -0.39 is 15.1 Å². The maximum Gasteiger partial charge on any atom is 0.183 e. The second-order valence-electron chi connectivity index (χ2n) is 7.36. The molecule has 142 valence electrons. The first-order chi connectivity index (χ1) is 12.1. The van der Waals surface area contributed by atoms with E-state index in [-0.39, 0.29) is 12.2 Å². The number of hydrogen-bond donors (Lipinski definition) is 0. The van der Waals surface area contributed by atoms with Gasteiger partial charge in [0.25, 0.3) is 0 Å². The molecule has 1 saturated heterocycles. The zero-order chi connectivity index (χ0) is 18.1. The first kappa shape index (κ1) is 20.4. The summed E-state index contributed by atoms with van der Waals surface area (Å²) in [6, 6.07) is 8.79. The molecule has 1 fully saturated rings. The normalized spacial score (nSPS) is 23.8. The van der Waals surface area contributed by atoms with Gasteiger partial charge < -0.3 is 4.74 Å². The molecule has 0 aliphatic carbocycles. The van der Waals surface area contributed by atoms with Crippen molar-refractivity contribution in [3.63, 3.8) is 0 Å². The van der Waals surface area contributed by atoms with Crippen molar-refractivity contribution in [2.45, 2.75) is 100 Å². The zero-order valence-electron chi connectivity index (χ0n) is 15.8. The molecule has 0 amide bonds. The van der Waals surface area contributed by atoms with E-state index >= 15 is 0 Å². The summed E-state index contributed by atoms with van der Waals surface area (Å²) in [6.07, 6.45) is 11.8. The van der Waals surface area contributed by atoms with Gasteiger partial charge in [0, 0.05) is 0 Å². The fourth-order valence-electron chi connectivity index (χ4n) is 3.75. The summed E-state index contributed by atoms with van der Waals surface area (Å²) in [5.74, 6) is 0. The van der Waals surface area contributed by atoms with Gasteiger partial charge in [-0.2, -0.15) is 0 Å². The van der Waals surface area contributed by atoms with Crippen molar-refractivity contribution in [1.82, 2.24) is 0 Å². The molecule has 3 atom stereocenters. The van der Waals surface area contributed by atoms with Crippen LogP contribution in [-0.2, 0) is 14.6 Å². The topological polar surface area (TPSA) is 43.4 Å². The minimum atomic E-state index is -3.29. The third-order valence-corrected chi connectivity index (χ3v) is 7.58. The zero-order valence-corrected chi connectivity index (χ0v) is 16.6. The van der Waals surface area contributed by atoms with E-state index in [0.717, 1.165) is 12.8 Å². The highest BCUT2D eigenvalue weighted by Gasteiger charge is 2.41. The van der Waals surface area contributed by atoms with Crippen LogP contribution < -0.4 is 0 Å². The average molecular weight is 367 g/mol. The van der Waals surface area contributed by atoms with Crippen LogP contribution in [0.3, 0.4) is 0 Å². The van der Waals surface area contributed by atoms with Crippen molar-refractivity contribution in [3.8, 4) is 0 Å². The van der Waals surface area contributed by atoms with Gasteiger partial charge >= 0.3 is 0 Å². The lowest BCUT2D eigenvalue weighted by Crippen LogP contribution is -2.28. The second-order valence-corrected chi connectivity index (χ2v) is 9.53. The van der Waals surface area contributed by atoms with Crippen LogP contribution in [0.25, 0.3) is 0 Å². The van der Waals surface area contributed by atoms with Crippen LogP contribution in [0.4, 0.5) is 0 Å². The Labute approximate surface area is 154 Å². The largest absolute Gasteiger partial charge is 0.374 e. The van der Waals surface area contributed by atoms with Gasteiger partial charge in [0.2, 0.25) is 0 Å². The van der Waals surface area contributed by atoms with Crippen LogP contribution in [0.15, 0.2) is 35.2 Å². The van der Waals surface area contributed by atoms with Crippen molar-refractivity contribution < 1.29 is 13.2 Å². The Balaban J connectivity index is 1.72. The number of benzene rings is 1. The van der Waals surface area contributed by atoms with Crippen LogP contribution in [0.2, 0.25) is 0 Å².